The second-order valence-electron chi connectivity index (χ2n) is 6.75. The van der Waals surface area contributed by atoms with Crippen LogP contribution in [0.25, 0.3) is 5.69 Å². The highest BCUT2D eigenvalue weighted by Gasteiger charge is 2.12. The van der Waals surface area contributed by atoms with Crippen molar-refractivity contribution in [3.05, 3.63) is 118 Å². The van der Waals surface area contributed by atoms with E-state index in [1.54, 1.807) is 10.9 Å². The summed E-state index contributed by atoms with van der Waals surface area (Å²) in [7, 11) is 0. The summed E-state index contributed by atoms with van der Waals surface area (Å²) in [4.78, 5) is 12.9. The number of benzene rings is 3. The first-order valence-electron chi connectivity index (χ1n) is 9.50. The zero-order chi connectivity index (χ0) is 20.1. The lowest BCUT2D eigenvalue weighted by Gasteiger charge is -2.19. The molecule has 5 nitrogen and oxygen atoms in total. The minimum atomic E-state index is -0.120. The smallest absolute Gasteiger partial charge is 0.280 e. The van der Waals surface area contributed by atoms with Crippen molar-refractivity contribution in [3.63, 3.8) is 0 Å². The number of hydrogen-bond acceptors (Lipinski definition) is 3. The molecule has 0 aliphatic carbocycles. The summed E-state index contributed by atoms with van der Waals surface area (Å²) in [6.07, 6.45) is 1.64. The number of nitrogens with one attached hydrogen (secondary N) is 1. The average molecular weight is 382 g/mol. The maximum absolute atomic E-state index is 12.9. The molecule has 1 aromatic heterocycles. The van der Waals surface area contributed by atoms with Gasteiger partial charge in [0.2, 0.25) is 0 Å². The molecule has 0 bridgehead atoms. The SMILES string of the molecule is Cc1[nH]n(-c2ccccc2)c(=O)c1C=NN(Cc1ccccc1)c1ccccc1. The third-order valence-corrected chi connectivity index (χ3v) is 4.69. The van der Waals surface area contributed by atoms with Gasteiger partial charge in [0.25, 0.3) is 5.56 Å². The maximum atomic E-state index is 12.9. The van der Waals surface area contributed by atoms with Gasteiger partial charge in [-0.25, -0.2) is 4.68 Å². The lowest BCUT2D eigenvalue weighted by atomic mass is 10.2. The Balaban J connectivity index is 1.68. The standard InChI is InChI=1S/C24H22N4O/c1-19-23(24(29)28(26-19)22-15-9-4-10-16-22)17-25-27(21-13-7-3-8-14-21)18-20-11-5-2-6-12-20/h2-17,26H,18H2,1H3. The van der Waals surface area contributed by atoms with Crippen LogP contribution in [0.5, 0.6) is 0 Å². The molecule has 0 radical (unpaired) electrons. The Bertz CT molecular complexity index is 1150. The molecule has 3 aromatic carbocycles. The Kier molecular flexibility index (Phi) is 5.38. The van der Waals surface area contributed by atoms with Crippen LogP contribution in [0.4, 0.5) is 5.69 Å². The van der Waals surface area contributed by atoms with E-state index in [1.165, 1.54) is 0 Å². The molecular formula is C24H22N4O. The summed E-state index contributed by atoms with van der Waals surface area (Å²) >= 11 is 0. The lowest BCUT2D eigenvalue weighted by molar-refractivity contribution is 0.835. The highest BCUT2D eigenvalue weighted by molar-refractivity contribution is 5.81. The Morgan fingerprint density at radius 3 is 2.14 bits per heavy atom. The minimum Gasteiger partial charge on any atom is -0.295 e. The van der Waals surface area contributed by atoms with Crippen LogP contribution in [0.2, 0.25) is 0 Å². The van der Waals surface area contributed by atoms with Gasteiger partial charge in [0, 0.05) is 5.69 Å². The number of rotatable bonds is 6. The number of para-hydroxylation sites is 2. The molecule has 4 rings (SSSR count). The molecular weight excluding hydrogens is 360 g/mol. The predicted molar refractivity (Wildman–Crippen MR) is 118 cm³/mol. The van der Waals surface area contributed by atoms with Crippen LogP contribution in [0.15, 0.2) is 101 Å². The predicted octanol–water partition coefficient (Wildman–Crippen LogP) is 4.51. The number of hydrazone groups is 1. The molecule has 1 N–H and O–H groups in total. The number of aryl methyl sites for hydroxylation is 1. The molecule has 0 unspecified atom stereocenters. The Hall–Kier alpha value is -3.86. The van der Waals surface area contributed by atoms with Gasteiger partial charge in [0.05, 0.1) is 29.7 Å². The van der Waals surface area contributed by atoms with Gasteiger partial charge in [-0.05, 0) is 36.8 Å². The van der Waals surface area contributed by atoms with E-state index in [0.717, 1.165) is 22.6 Å². The maximum Gasteiger partial charge on any atom is 0.280 e. The van der Waals surface area contributed by atoms with Gasteiger partial charge >= 0.3 is 0 Å². The Morgan fingerprint density at radius 1 is 0.897 bits per heavy atom. The highest BCUT2D eigenvalue weighted by Crippen LogP contribution is 2.17. The third-order valence-electron chi connectivity index (χ3n) is 4.69. The van der Waals surface area contributed by atoms with Crippen LogP contribution in [-0.4, -0.2) is 16.0 Å². The summed E-state index contributed by atoms with van der Waals surface area (Å²) in [5.41, 5.74) is 4.10. The number of aromatic amines is 1. The number of nitrogens with zero attached hydrogens (tertiary/aromatic N) is 3. The van der Waals surface area contributed by atoms with Crippen molar-refractivity contribution in [3.8, 4) is 5.69 Å². The normalized spacial score (nSPS) is 11.1. The van der Waals surface area contributed by atoms with Crippen LogP contribution in [0, 0.1) is 6.92 Å². The second-order valence-corrected chi connectivity index (χ2v) is 6.75. The summed E-state index contributed by atoms with van der Waals surface area (Å²) < 4.78 is 1.54. The van der Waals surface area contributed by atoms with E-state index in [0.29, 0.717) is 12.1 Å². The van der Waals surface area contributed by atoms with Crippen LogP contribution < -0.4 is 10.6 Å². The van der Waals surface area contributed by atoms with E-state index in [1.807, 2.05) is 90.8 Å². The summed E-state index contributed by atoms with van der Waals surface area (Å²) in [5, 5.41) is 9.70. The van der Waals surface area contributed by atoms with E-state index < -0.39 is 0 Å². The number of aromatic nitrogens is 2. The van der Waals surface area contributed by atoms with Gasteiger partial charge < -0.3 is 0 Å². The summed E-state index contributed by atoms with van der Waals surface area (Å²) in [6, 6.07) is 29.6. The average Bonchev–Trinajstić information content (AvgIpc) is 3.06. The largest absolute Gasteiger partial charge is 0.295 e. The zero-order valence-electron chi connectivity index (χ0n) is 16.2. The molecule has 0 fully saturated rings. The van der Waals surface area contributed by atoms with Crippen molar-refractivity contribution >= 4 is 11.9 Å². The molecule has 0 aliphatic rings. The van der Waals surface area contributed by atoms with Crippen LogP contribution in [0.3, 0.4) is 0 Å². The fourth-order valence-electron chi connectivity index (χ4n) is 3.15. The molecule has 0 saturated carbocycles. The molecule has 4 aromatic rings. The first-order chi connectivity index (χ1) is 14.2. The third kappa shape index (κ3) is 4.19. The molecule has 5 heteroatoms. The van der Waals surface area contributed by atoms with Crippen molar-refractivity contribution in [1.29, 1.82) is 0 Å². The van der Waals surface area contributed by atoms with E-state index in [2.05, 4.69) is 22.3 Å². The van der Waals surface area contributed by atoms with Gasteiger partial charge in [0.1, 0.15) is 0 Å². The van der Waals surface area contributed by atoms with Crippen LogP contribution in [0.1, 0.15) is 16.8 Å². The Labute approximate surface area is 169 Å². The highest BCUT2D eigenvalue weighted by atomic mass is 16.1. The fraction of sp³-hybridized carbons (Fsp3) is 0.0833. The van der Waals surface area contributed by atoms with Crippen molar-refractivity contribution in [1.82, 2.24) is 9.78 Å². The van der Waals surface area contributed by atoms with Crippen LogP contribution >= 0.6 is 0 Å². The quantitative estimate of drug-likeness (QED) is 0.394. The van der Waals surface area contributed by atoms with E-state index in [-0.39, 0.29) is 5.56 Å². The van der Waals surface area contributed by atoms with Crippen LogP contribution in [-0.2, 0) is 6.54 Å². The summed E-state index contributed by atoms with van der Waals surface area (Å²) in [5.74, 6) is 0. The second kappa shape index (κ2) is 8.44. The summed E-state index contributed by atoms with van der Waals surface area (Å²) in [6.45, 7) is 2.49. The number of anilines is 1. The molecule has 0 spiro atoms. The number of hydrogen-bond donors (Lipinski definition) is 1. The van der Waals surface area contributed by atoms with Crippen molar-refractivity contribution in [2.24, 2.45) is 5.10 Å². The molecule has 0 aliphatic heterocycles. The molecule has 0 saturated heterocycles. The lowest BCUT2D eigenvalue weighted by Crippen LogP contribution is -2.19. The topological polar surface area (TPSA) is 53.4 Å². The fourth-order valence-corrected chi connectivity index (χ4v) is 3.15. The van der Waals surface area contributed by atoms with Crippen molar-refractivity contribution in [2.45, 2.75) is 13.5 Å². The van der Waals surface area contributed by atoms with E-state index in [4.69, 9.17) is 0 Å². The van der Waals surface area contributed by atoms with Crippen molar-refractivity contribution < 1.29 is 0 Å². The first-order valence-corrected chi connectivity index (χ1v) is 9.50. The molecule has 0 amide bonds. The van der Waals surface area contributed by atoms with Gasteiger partial charge in [0.15, 0.2) is 0 Å². The molecule has 1 heterocycles. The van der Waals surface area contributed by atoms with Gasteiger partial charge in [-0.2, -0.15) is 5.10 Å². The Morgan fingerprint density at radius 2 is 1.48 bits per heavy atom. The van der Waals surface area contributed by atoms with Gasteiger partial charge in [-0.15, -0.1) is 0 Å². The van der Waals surface area contributed by atoms with Gasteiger partial charge in [-0.1, -0.05) is 66.7 Å². The first kappa shape index (κ1) is 18.5. The number of H-pyrrole nitrogens is 1. The van der Waals surface area contributed by atoms with E-state index >= 15 is 0 Å². The monoisotopic (exact) mass is 382 g/mol. The minimum absolute atomic E-state index is 0.120. The molecule has 144 valence electrons. The molecule has 0 atom stereocenters. The molecule has 29 heavy (non-hydrogen) atoms. The van der Waals surface area contributed by atoms with Crippen molar-refractivity contribution in [2.75, 3.05) is 5.01 Å². The van der Waals surface area contributed by atoms with Gasteiger partial charge in [-0.3, -0.25) is 14.9 Å². The zero-order valence-corrected chi connectivity index (χ0v) is 16.2. The van der Waals surface area contributed by atoms with E-state index in [9.17, 15) is 4.79 Å².